The Balaban J connectivity index is 2.25. The van der Waals surface area contributed by atoms with Crippen molar-refractivity contribution < 1.29 is 9.59 Å². The number of aryl methyl sites for hydroxylation is 1. The first kappa shape index (κ1) is 20.6. The van der Waals surface area contributed by atoms with Gasteiger partial charge in [0.2, 0.25) is 0 Å². The minimum absolute atomic E-state index is 0.0998. The number of nitrogens with zero attached hydrogens (tertiary/aromatic N) is 4. The molecule has 2 aromatic heterocycles. The predicted octanol–water partition coefficient (Wildman–Crippen LogP) is 3.33. The van der Waals surface area contributed by atoms with Crippen LogP contribution in [-0.2, 0) is 12.0 Å². The fourth-order valence-electron chi connectivity index (χ4n) is 2.72. The molecule has 0 atom stereocenters. The van der Waals surface area contributed by atoms with Crippen LogP contribution in [0.15, 0.2) is 24.5 Å². The molecule has 27 heavy (non-hydrogen) atoms. The lowest BCUT2D eigenvalue weighted by atomic mass is 9.92. The monoisotopic (exact) mass is 371 g/mol. The second-order valence-electron chi connectivity index (χ2n) is 7.37. The number of hydrogen-bond acceptors (Lipinski definition) is 4. The van der Waals surface area contributed by atoms with Crippen LogP contribution in [-0.4, -0.2) is 44.6 Å². The molecule has 2 rings (SSSR count). The normalized spacial score (nSPS) is 11.3. The predicted molar refractivity (Wildman–Crippen MR) is 106 cm³/mol. The van der Waals surface area contributed by atoms with Gasteiger partial charge in [-0.05, 0) is 32.9 Å². The van der Waals surface area contributed by atoms with Crippen molar-refractivity contribution in [3.8, 4) is 0 Å². The van der Waals surface area contributed by atoms with E-state index < -0.39 is 0 Å². The number of pyridine rings is 1. The van der Waals surface area contributed by atoms with Crippen LogP contribution in [0.1, 0.15) is 68.1 Å². The number of aromatic nitrogens is 3. The fourth-order valence-corrected chi connectivity index (χ4v) is 2.72. The summed E-state index contributed by atoms with van der Waals surface area (Å²) in [6.45, 7) is 13.8. The van der Waals surface area contributed by atoms with Crippen LogP contribution < -0.4 is 5.32 Å². The third kappa shape index (κ3) is 4.72. The van der Waals surface area contributed by atoms with Gasteiger partial charge in [-0.3, -0.25) is 19.3 Å². The average Bonchev–Trinajstić information content (AvgIpc) is 3.08. The standard InChI is InChI=1S/C20H29N5O2/c1-7-24(8-2)19(27)14-10-15(13-21-12-14)22-18(26)16-11-17(20(4,5)6)23-25(16)9-3/h10-13H,7-9H2,1-6H3,(H,22,26). The average molecular weight is 371 g/mol. The molecule has 2 aromatic rings. The molecule has 0 bridgehead atoms. The SMILES string of the molecule is CCN(CC)C(=O)c1cncc(NC(=O)c2cc(C(C)(C)C)nn2CC)c1. The van der Waals surface area contributed by atoms with Crippen LogP contribution in [0.25, 0.3) is 0 Å². The second-order valence-corrected chi connectivity index (χ2v) is 7.37. The summed E-state index contributed by atoms with van der Waals surface area (Å²) in [5, 5.41) is 7.37. The van der Waals surface area contributed by atoms with Gasteiger partial charge >= 0.3 is 0 Å². The first-order valence-electron chi connectivity index (χ1n) is 9.35. The Morgan fingerprint density at radius 3 is 2.33 bits per heavy atom. The summed E-state index contributed by atoms with van der Waals surface area (Å²) in [6.07, 6.45) is 3.05. The maximum Gasteiger partial charge on any atom is 0.273 e. The van der Waals surface area contributed by atoms with Crippen LogP contribution in [0.2, 0.25) is 0 Å². The van der Waals surface area contributed by atoms with E-state index in [2.05, 4.69) is 36.2 Å². The number of rotatable bonds is 6. The van der Waals surface area contributed by atoms with E-state index in [4.69, 9.17) is 0 Å². The summed E-state index contributed by atoms with van der Waals surface area (Å²) in [4.78, 5) is 31.1. The number of nitrogens with one attached hydrogen (secondary N) is 1. The molecule has 7 nitrogen and oxygen atoms in total. The summed E-state index contributed by atoms with van der Waals surface area (Å²) in [5.41, 5.74) is 2.14. The summed E-state index contributed by atoms with van der Waals surface area (Å²) in [6, 6.07) is 3.47. The van der Waals surface area contributed by atoms with Crippen LogP contribution in [0, 0.1) is 0 Å². The number of amides is 2. The van der Waals surface area contributed by atoms with Gasteiger partial charge in [0, 0.05) is 31.2 Å². The minimum Gasteiger partial charge on any atom is -0.339 e. The van der Waals surface area contributed by atoms with E-state index in [-0.39, 0.29) is 17.2 Å². The molecule has 0 fully saturated rings. The fraction of sp³-hybridized carbons (Fsp3) is 0.500. The van der Waals surface area contributed by atoms with Gasteiger partial charge in [-0.15, -0.1) is 0 Å². The molecule has 0 saturated heterocycles. The van der Waals surface area contributed by atoms with E-state index in [1.165, 1.54) is 12.4 Å². The maximum absolute atomic E-state index is 12.8. The molecule has 0 radical (unpaired) electrons. The summed E-state index contributed by atoms with van der Waals surface area (Å²) in [5.74, 6) is -0.369. The minimum atomic E-state index is -0.269. The Morgan fingerprint density at radius 2 is 1.78 bits per heavy atom. The molecule has 2 amide bonds. The zero-order chi connectivity index (χ0) is 20.2. The molecule has 0 aliphatic carbocycles. The smallest absolute Gasteiger partial charge is 0.273 e. The first-order chi connectivity index (χ1) is 12.7. The molecule has 0 aliphatic heterocycles. The van der Waals surface area contributed by atoms with E-state index in [1.54, 1.807) is 15.6 Å². The number of anilines is 1. The molecule has 0 spiro atoms. The highest BCUT2D eigenvalue weighted by molar-refractivity contribution is 6.04. The van der Waals surface area contributed by atoms with Crippen molar-refractivity contribution in [3.63, 3.8) is 0 Å². The van der Waals surface area contributed by atoms with Crippen molar-refractivity contribution in [3.05, 3.63) is 41.5 Å². The molecule has 146 valence electrons. The van der Waals surface area contributed by atoms with Gasteiger partial charge in [0.15, 0.2) is 0 Å². The zero-order valence-corrected chi connectivity index (χ0v) is 17.0. The lowest BCUT2D eigenvalue weighted by Gasteiger charge is -2.18. The van der Waals surface area contributed by atoms with Gasteiger partial charge in [0.25, 0.3) is 11.8 Å². The largest absolute Gasteiger partial charge is 0.339 e. The molecular formula is C20H29N5O2. The third-order valence-electron chi connectivity index (χ3n) is 4.37. The van der Waals surface area contributed by atoms with Crippen molar-refractivity contribution in [1.82, 2.24) is 19.7 Å². The van der Waals surface area contributed by atoms with Gasteiger partial charge in [-0.2, -0.15) is 5.10 Å². The Hall–Kier alpha value is -2.70. The Bertz CT molecular complexity index is 816. The number of carbonyl (C=O) groups is 2. The Kier molecular flexibility index (Phi) is 6.36. The number of carbonyl (C=O) groups excluding carboxylic acids is 2. The van der Waals surface area contributed by atoms with Crippen molar-refractivity contribution in [2.75, 3.05) is 18.4 Å². The van der Waals surface area contributed by atoms with E-state index in [0.29, 0.717) is 36.6 Å². The van der Waals surface area contributed by atoms with Gasteiger partial charge in [-0.25, -0.2) is 0 Å². The zero-order valence-electron chi connectivity index (χ0n) is 17.0. The Labute approximate surface area is 160 Å². The van der Waals surface area contributed by atoms with Crippen molar-refractivity contribution in [2.45, 2.75) is 53.5 Å². The van der Waals surface area contributed by atoms with Crippen LogP contribution in [0.3, 0.4) is 0 Å². The summed E-state index contributed by atoms with van der Waals surface area (Å²) >= 11 is 0. The highest BCUT2D eigenvalue weighted by Gasteiger charge is 2.23. The molecule has 7 heteroatoms. The molecule has 0 aromatic carbocycles. The lowest BCUT2D eigenvalue weighted by Crippen LogP contribution is -2.30. The third-order valence-corrected chi connectivity index (χ3v) is 4.37. The van der Waals surface area contributed by atoms with Gasteiger partial charge in [-0.1, -0.05) is 20.8 Å². The lowest BCUT2D eigenvalue weighted by molar-refractivity contribution is 0.0772. The molecule has 0 unspecified atom stereocenters. The van der Waals surface area contributed by atoms with Crippen molar-refractivity contribution in [1.29, 1.82) is 0 Å². The van der Waals surface area contributed by atoms with E-state index in [1.807, 2.05) is 26.8 Å². The second kappa shape index (κ2) is 8.33. The topological polar surface area (TPSA) is 80.1 Å². The van der Waals surface area contributed by atoms with Gasteiger partial charge in [0.1, 0.15) is 5.69 Å². The first-order valence-corrected chi connectivity index (χ1v) is 9.35. The van der Waals surface area contributed by atoms with E-state index >= 15 is 0 Å². The molecule has 0 aliphatic rings. The molecular weight excluding hydrogens is 342 g/mol. The summed E-state index contributed by atoms with van der Waals surface area (Å²) in [7, 11) is 0. The maximum atomic E-state index is 12.8. The number of hydrogen-bond donors (Lipinski definition) is 1. The highest BCUT2D eigenvalue weighted by atomic mass is 16.2. The summed E-state index contributed by atoms with van der Waals surface area (Å²) < 4.78 is 1.69. The van der Waals surface area contributed by atoms with Gasteiger partial charge in [0.05, 0.1) is 23.1 Å². The van der Waals surface area contributed by atoms with E-state index in [0.717, 1.165) is 5.69 Å². The molecule has 2 heterocycles. The van der Waals surface area contributed by atoms with Crippen LogP contribution in [0.5, 0.6) is 0 Å². The van der Waals surface area contributed by atoms with E-state index in [9.17, 15) is 9.59 Å². The quantitative estimate of drug-likeness (QED) is 0.845. The highest BCUT2D eigenvalue weighted by Crippen LogP contribution is 2.22. The van der Waals surface area contributed by atoms with Crippen molar-refractivity contribution in [2.24, 2.45) is 0 Å². The Morgan fingerprint density at radius 1 is 1.11 bits per heavy atom. The van der Waals surface area contributed by atoms with Crippen LogP contribution in [0.4, 0.5) is 5.69 Å². The molecule has 1 N–H and O–H groups in total. The van der Waals surface area contributed by atoms with Gasteiger partial charge < -0.3 is 10.2 Å². The molecule has 0 saturated carbocycles. The van der Waals surface area contributed by atoms with Crippen molar-refractivity contribution >= 4 is 17.5 Å². The van der Waals surface area contributed by atoms with Crippen LogP contribution >= 0.6 is 0 Å².